The number of aromatic nitrogens is 2. The van der Waals surface area contributed by atoms with Crippen LogP contribution in [0.5, 0.6) is 11.5 Å². The summed E-state index contributed by atoms with van der Waals surface area (Å²) in [6.45, 7) is 4.73. The molecule has 4 rings (SSSR count). The molecule has 0 radical (unpaired) electrons. The van der Waals surface area contributed by atoms with Crippen LogP contribution in [-0.2, 0) is 4.79 Å². The van der Waals surface area contributed by atoms with Gasteiger partial charge in [-0.15, -0.1) is 0 Å². The van der Waals surface area contributed by atoms with Crippen LogP contribution < -0.4 is 9.47 Å². The quantitative estimate of drug-likeness (QED) is 0.415. The van der Waals surface area contributed by atoms with E-state index >= 15 is 0 Å². The first kappa shape index (κ1) is 21.2. The molecule has 1 aliphatic rings. The number of methoxy groups -OCH3 is 1. The molecule has 0 aliphatic carbocycles. The molecule has 0 N–H and O–H groups in total. The monoisotopic (exact) mass is 539 g/mol. The summed E-state index contributed by atoms with van der Waals surface area (Å²) in [5, 5.41) is 4.87. The van der Waals surface area contributed by atoms with Gasteiger partial charge in [-0.05, 0) is 54.1 Å². The summed E-state index contributed by atoms with van der Waals surface area (Å²) < 4.78 is 14.2. The molecule has 2 aromatic heterocycles. The van der Waals surface area contributed by atoms with E-state index in [2.05, 4.69) is 34.6 Å². The molecule has 30 heavy (non-hydrogen) atoms. The number of likely N-dealkylation sites (tertiary alicyclic amines) is 1. The van der Waals surface area contributed by atoms with Gasteiger partial charge < -0.3 is 14.4 Å². The van der Waals surface area contributed by atoms with E-state index in [0.29, 0.717) is 23.7 Å². The van der Waals surface area contributed by atoms with Crippen molar-refractivity contribution in [3.63, 3.8) is 0 Å². The van der Waals surface area contributed by atoms with Crippen LogP contribution in [0.1, 0.15) is 31.9 Å². The molecule has 0 unspecified atom stereocenters. The maximum absolute atomic E-state index is 12.8. The lowest BCUT2D eigenvalue weighted by molar-refractivity contribution is -0.129. The number of carbonyl (C=O) groups is 1. The van der Waals surface area contributed by atoms with Gasteiger partial charge in [0.05, 0.1) is 27.9 Å². The third kappa shape index (κ3) is 4.09. The second-order valence-corrected chi connectivity index (χ2v) is 9.19. The van der Waals surface area contributed by atoms with Gasteiger partial charge in [0, 0.05) is 31.1 Å². The highest BCUT2D eigenvalue weighted by Gasteiger charge is 2.37. The van der Waals surface area contributed by atoms with E-state index in [1.807, 2.05) is 42.2 Å². The van der Waals surface area contributed by atoms with Crippen LogP contribution in [0.25, 0.3) is 5.52 Å². The normalized spacial score (nSPS) is 18.6. The minimum Gasteiger partial charge on any atom is -0.497 e. The topological polar surface area (TPSA) is 56.1 Å². The smallest absolute Gasteiger partial charge is 0.223 e. The van der Waals surface area contributed by atoms with E-state index in [4.69, 9.17) is 21.1 Å². The van der Waals surface area contributed by atoms with Gasteiger partial charge in [-0.1, -0.05) is 23.7 Å². The number of rotatable bonds is 6. The highest BCUT2D eigenvalue weighted by Crippen LogP contribution is 2.34. The number of carbonyl (C=O) groups excluding carboxylic acids is 1. The van der Waals surface area contributed by atoms with E-state index in [0.717, 1.165) is 20.4 Å². The Morgan fingerprint density at radius 3 is 2.70 bits per heavy atom. The van der Waals surface area contributed by atoms with Gasteiger partial charge in [0.2, 0.25) is 5.91 Å². The minimum absolute atomic E-state index is 0.00531. The van der Waals surface area contributed by atoms with E-state index in [-0.39, 0.29) is 24.0 Å². The van der Waals surface area contributed by atoms with Crippen molar-refractivity contribution in [2.24, 2.45) is 5.92 Å². The van der Waals surface area contributed by atoms with Crippen LogP contribution in [-0.4, -0.2) is 40.2 Å². The zero-order valence-corrected chi connectivity index (χ0v) is 19.9. The predicted octanol–water partition coefficient (Wildman–Crippen LogP) is 4.98. The zero-order chi connectivity index (χ0) is 21.4. The Kier molecular flexibility index (Phi) is 6.11. The number of pyridine rings is 1. The highest BCUT2D eigenvalue weighted by molar-refractivity contribution is 14.1. The molecule has 1 aliphatic heterocycles. The Morgan fingerprint density at radius 1 is 1.27 bits per heavy atom. The van der Waals surface area contributed by atoms with Crippen LogP contribution in [0.3, 0.4) is 0 Å². The van der Waals surface area contributed by atoms with Crippen molar-refractivity contribution in [1.82, 2.24) is 14.5 Å². The van der Waals surface area contributed by atoms with Crippen molar-refractivity contribution < 1.29 is 14.3 Å². The van der Waals surface area contributed by atoms with E-state index in [1.165, 1.54) is 0 Å². The molecule has 6 nitrogen and oxygen atoms in total. The molecule has 3 heterocycles. The van der Waals surface area contributed by atoms with E-state index in [9.17, 15) is 4.79 Å². The molecule has 0 saturated carbocycles. The van der Waals surface area contributed by atoms with Crippen molar-refractivity contribution in [2.75, 3.05) is 13.7 Å². The van der Waals surface area contributed by atoms with Crippen LogP contribution in [0.2, 0.25) is 5.02 Å². The lowest BCUT2D eigenvalue weighted by Crippen LogP contribution is -2.31. The standard InChI is InChI=1S/C22H23ClIN3O3/c1-13(15-4-6-18(29-3)7-5-15)26-11-16(8-21(26)28)14(2)30-20-9-17(23)12-27-22(20)19(24)10-25-27/h4-7,9-10,12-14,16H,8,11H2,1-3H3/t13-,14-,16-/m1/s1. The predicted molar refractivity (Wildman–Crippen MR) is 124 cm³/mol. The molecular formula is C22H23ClIN3O3. The summed E-state index contributed by atoms with van der Waals surface area (Å²) >= 11 is 8.47. The second kappa shape index (κ2) is 8.63. The van der Waals surface area contributed by atoms with Gasteiger partial charge in [-0.3, -0.25) is 4.79 Å². The Balaban J connectivity index is 1.49. The van der Waals surface area contributed by atoms with Gasteiger partial charge in [-0.25, -0.2) is 4.52 Å². The van der Waals surface area contributed by atoms with E-state index < -0.39 is 0 Å². The fourth-order valence-corrected chi connectivity index (χ4v) is 4.74. The van der Waals surface area contributed by atoms with Crippen LogP contribution in [0.4, 0.5) is 0 Å². The lowest BCUT2D eigenvalue weighted by atomic mass is 10.0. The van der Waals surface area contributed by atoms with Gasteiger partial charge >= 0.3 is 0 Å². The molecule has 0 spiro atoms. The fraction of sp³-hybridized carbons (Fsp3) is 0.364. The van der Waals surface area contributed by atoms with Gasteiger partial charge in [0.1, 0.15) is 23.1 Å². The van der Waals surface area contributed by atoms with Gasteiger partial charge in [0.25, 0.3) is 0 Å². The first-order chi connectivity index (χ1) is 14.4. The molecule has 8 heteroatoms. The maximum atomic E-state index is 12.8. The Labute approximate surface area is 194 Å². The summed E-state index contributed by atoms with van der Waals surface area (Å²) in [6, 6.07) is 9.67. The number of fused-ring (bicyclic) bond motifs is 1. The molecule has 1 amide bonds. The number of hydrogen-bond donors (Lipinski definition) is 0. The highest BCUT2D eigenvalue weighted by atomic mass is 127. The summed E-state index contributed by atoms with van der Waals surface area (Å²) in [4.78, 5) is 14.7. The molecule has 158 valence electrons. The fourth-order valence-electron chi connectivity index (χ4n) is 3.92. The number of benzene rings is 1. The third-order valence-electron chi connectivity index (χ3n) is 5.73. The van der Waals surface area contributed by atoms with Gasteiger partial charge in [0.15, 0.2) is 0 Å². The SMILES string of the molecule is COc1ccc([C@@H](C)N2C[C@H]([C@@H](C)Oc3cc(Cl)cn4ncc(I)c34)CC2=O)cc1. The van der Waals surface area contributed by atoms with Crippen LogP contribution in [0, 0.1) is 9.49 Å². The molecule has 1 fully saturated rings. The average Bonchev–Trinajstić information content (AvgIpc) is 3.30. The Bertz CT molecular complexity index is 1070. The summed E-state index contributed by atoms with van der Waals surface area (Å²) in [7, 11) is 1.65. The molecular weight excluding hydrogens is 517 g/mol. The van der Waals surface area contributed by atoms with Crippen molar-refractivity contribution in [1.29, 1.82) is 0 Å². The molecule has 0 bridgehead atoms. The summed E-state index contributed by atoms with van der Waals surface area (Å²) in [5.74, 6) is 1.73. The van der Waals surface area contributed by atoms with Crippen molar-refractivity contribution in [3.8, 4) is 11.5 Å². The van der Waals surface area contributed by atoms with Crippen LogP contribution >= 0.6 is 34.2 Å². The Hall–Kier alpha value is -2.00. The average molecular weight is 540 g/mol. The van der Waals surface area contributed by atoms with Gasteiger partial charge in [-0.2, -0.15) is 5.10 Å². The summed E-state index contributed by atoms with van der Waals surface area (Å²) in [6.07, 6.45) is 3.86. The molecule has 3 atom stereocenters. The van der Waals surface area contributed by atoms with E-state index in [1.54, 1.807) is 24.0 Å². The number of nitrogens with zero attached hydrogens (tertiary/aromatic N) is 3. The van der Waals surface area contributed by atoms with Crippen LogP contribution in [0.15, 0.2) is 42.7 Å². The second-order valence-electron chi connectivity index (χ2n) is 7.59. The lowest BCUT2D eigenvalue weighted by Gasteiger charge is -2.27. The molecule has 1 saturated heterocycles. The van der Waals surface area contributed by atoms with Crippen molar-refractivity contribution >= 4 is 45.6 Å². The molecule has 1 aromatic carbocycles. The number of hydrogen-bond acceptors (Lipinski definition) is 4. The largest absolute Gasteiger partial charge is 0.497 e. The first-order valence-corrected chi connectivity index (χ1v) is 11.3. The Morgan fingerprint density at radius 2 is 2.00 bits per heavy atom. The number of ether oxygens (including phenoxy) is 2. The van der Waals surface area contributed by atoms with Crippen molar-refractivity contribution in [3.05, 3.63) is 56.9 Å². The third-order valence-corrected chi connectivity index (χ3v) is 6.73. The number of amides is 1. The molecule has 3 aromatic rings. The number of halogens is 2. The first-order valence-electron chi connectivity index (χ1n) is 9.80. The maximum Gasteiger partial charge on any atom is 0.223 e. The minimum atomic E-state index is -0.144. The van der Waals surface area contributed by atoms with Crippen molar-refractivity contribution in [2.45, 2.75) is 32.4 Å². The zero-order valence-electron chi connectivity index (χ0n) is 17.0. The summed E-state index contributed by atoms with van der Waals surface area (Å²) in [5.41, 5.74) is 1.98.